The van der Waals surface area contributed by atoms with E-state index < -0.39 is 11.9 Å². The van der Waals surface area contributed by atoms with Crippen molar-refractivity contribution in [2.24, 2.45) is 0 Å². The first-order chi connectivity index (χ1) is 12.0. The average Bonchev–Trinajstić information content (AvgIpc) is 2.58. The average molecular weight is 347 g/mol. The normalized spacial score (nSPS) is 10.3. The van der Waals surface area contributed by atoms with Crippen LogP contribution in [0.15, 0.2) is 30.3 Å². The summed E-state index contributed by atoms with van der Waals surface area (Å²) < 4.78 is 30.0. The fourth-order valence-electron chi connectivity index (χ4n) is 2.30. The van der Waals surface area contributed by atoms with E-state index in [9.17, 15) is 9.18 Å². The predicted molar refractivity (Wildman–Crippen MR) is 93.8 cm³/mol. The number of amides is 1. The van der Waals surface area contributed by atoms with Gasteiger partial charge >= 0.3 is 6.09 Å². The van der Waals surface area contributed by atoms with Crippen molar-refractivity contribution in [1.29, 1.82) is 0 Å². The largest absolute Gasteiger partial charge is 0.493 e. The Morgan fingerprint density at radius 3 is 2.52 bits per heavy atom. The summed E-state index contributed by atoms with van der Waals surface area (Å²) in [5, 5.41) is 2.62. The van der Waals surface area contributed by atoms with Gasteiger partial charge in [-0.25, -0.2) is 9.18 Å². The van der Waals surface area contributed by atoms with Crippen molar-refractivity contribution in [1.82, 2.24) is 0 Å². The van der Waals surface area contributed by atoms with Crippen molar-refractivity contribution < 1.29 is 23.4 Å². The number of benzene rings is 2. The second-order valence-electron chi connectivity index (χ2n) is 5.49. The van der Waals surface area contributed by atoms with Gasteiger partial charge in [0.1, 0.15) is 12.4 Å². The van der Waals surface area contributed by atoms with Gasteiger partial charge in [-0.2, -0.15) is 0 Å². The fourth-order valence-corrected chi connectivity index (χ4v) is 2.30. The van der Waals surface area contributed by atoms with Crippen LogP contribution in [0.3, 0.4) is 0 Å². The number of nitrogens with one attached hydrogen (secondary N) is 1. The highest BCUT2D eigenvalue weighted by Crippen LogP contribution is 2.30. The topological polar surface area (TPSA) is 56.8 Å². The first-order valence-corrected chi connectivity index (χ1v) is 7.95. The number of ether oxygens (including phenoxy) is 3. The molecule has 2 rings (SSSR count). The van der Waals surface area contributed by atoms with Gasteiger partial charge in [0.2, 0.25) is 0 Å². The summed E-state index contributed by atoms with van der Waals surface area (Å²) in [4.78, 5) is 11.5. The Kier molecular flexibility index (Phi) is 6.22. The van der Waals surface area contributed by atoms with Gasteiger partial charge in [0.05, 0.1) is 25.0 Å². The highest BCUT2D eigenvalue weighted by Gasteiger charge is 2.14. The van der Waals surface area contributed by atoms with Crippen LogP contribution in [0.4, 0.5) is 14.9 Å². The number of rotatable bonds is 6. The van der Waals surface area contributed by atoms with Gasteiger partial charge in [0.15, 0.2) is 11.6 Å². The van der Waals surface area contributed by atoms with Crippen LogP contribution in [0.1, 0.15) is 23.6 Å². The lowest BCUT2D eigenvalue weighted by molar-refractivity contribution is 0.187. The molecule has 0 fully saturated rings. The van der Waals surface area contributed by atoms with Gasteiger partial charge in [-0.3, -0.25) is 5.32 Å². The summed E-state index contributed by atoms with van der Waals surface area (Å²) in [5.74, 6) is 0.276. The molecule has 0 atom stereocenters. The maximum absolute atomic E-state index is 14.1. The molecule has 2 aromatic carbocycles. The zero-order valence-electron chi connectivity index (χ0n) is 14.8. The Labute approximate surface area is 146 Å². The smallest absolute Gasteiger partial charge is 0.411 e. The van der Waals surface area contributed by atoms with Gasteiger partial charge in [-0.05, 0) is 56.2 Å². The van der Waals surface area contributed by atoms with Crippen molar-refractivity contribution in [2.45, 2.75) is 27.4 Å². The van der Waals surface area contributed by atoms with E-state index in [2.05, 4.69) is 10.1 Å². The number of carbonyl (C=O) groups excluding carboxylic acids is 1. The Morgan fingerprint density at radius 2 is 1.84 bits per heavy atom. The summed E-state index contributed by atoms with van der Waals surface area (Å²) in [6.07, 6.45) is -0.604. The van der Waals surface area contributed by atoms with E-state index >= 15 is 0 Å². The van der Waals surface area contributed by atoms with Crippen LogP contribution in [0.25, 0.3) is 0 Å². The number of anilines is 1. The number of aryl methyl sites for hydroxylation is 2. The summed E-state index contributed by atoms with van der Waals surface area (Å²) >= 11 is 0. The van der Waals surface area contributed by atoms with Crippen molar-refractivity contribution in [3.8, 4) is 11.5 Å². The molecular weight excluding hydrogens is 325 g/mol. The van der Waals surface area contributed by atoms with Gasteiger partial charge in [0.25, 0.3) is 0 Å². The fraction of sp³-hybridized carbons (Fsp3) is 0.316. The van der Waals surface area contributed by atoms with E-state index in [1.54, 1.807) is 24.3 Å². The van der Waals surface area contributed by atoms with Crippen LogP contribution in [0.2, 0.25) is 0 Å². The van der Waals surface area contributed by atoms with Crippen LogP contribution >= 0.6 is 0 Å². The Morgan fingerprint density at radius 1 is 1.12 bits per heavy atom. The van der Waals surface area contributed by atoms with Gasteiger partial charge in [-0.1, -0.05) is 6.07 Å². The van der Waals surface area contributed by atoms with E-state index in [0.29, 0.717) is 23.6 Å². The van der Waals surface area contributed by atoms with Crippen molar-refractivity contribution >= 4 is 11.8 Å². The highest BCUT2D eigenvalue weighted by atomic mass is 19.1. The number of hydrogen-bond acceptors (Lipinski definition) is 4. The zero-order valence-corrected chi connectivity index (χ0v) is 14.8. The van der Waals surface area contributed by atoms with E-state index in [4.69, 9.17) is 9.47 Å². The standard InChI is InChI=1S/C19H22FNO4/c1-5-24-17-8-6-7-16(21-19(22)23-4)14(17)11-25-18-10-13(3)12(2)9-15(18)20/h6-10H,5,11H2,1-4H3,(H,21,22). The first-order valence-electron chi connectivity index (χ1n) is 7.95. The highest BCUT2D eigenvalue weighted by molar-refractivity contribution is 5.86. The maximum Gasteiger partial charge on any atom is 0.411 e. The zero-order chi connectivity index (χ0) is 18.4. The maximum atomic E-state index is 14.1. The van der Waals surface area contributed by atoms with E-state index in [1.165, 1.54) is 13.2 Å². The molecule has 134 valence electrons. The molecule has 0 radical (unpaired) electrons. The minimum Gasteiger partial charge on any atom is -0.493 e. The summed E-state index contributed by atoms with van der Waals surface area (Å²) in [6, 6.07) is 8.31. The quantitative estimate of drug-likeness (QED) is 0.830. The molecule has 0 heterocycles. The molecule has 0 aliphatic rings. The third-order valence-electron chi connectivity index (χ3n) is 3.78. The molecule has 25 heavy (non-hydrogen) atoms. The van der Waals surface area contributed by atoms with Gasteiger partial charge in [0, 0.05) is 0 Å². The summed E-state index contributed by atoms with van der Waals surface area (Å²) in [5.41, 5.74) is 2.88. The number of halogens is 1. The molecule has 0 unspecified atom stereocenters. The first kappa shape index (κ1) is 18.6. The van der Waals surface area contributed by atoms with Crippen molar-refractivity contribution in [2.75, 3.05) is 19.0 Å². The van der Waals surface area contributed by atoms with Crippen LogP contribution in [-0.4, -0.2) is 19.8 Å². The third-order valence-corrected chi connectivity index (χ3v) is 3.78. The molecule has 0 aliphatic heterocycles. The molecule has 0 bridgehead atoms. The third kappa shape index (κ3) is 4.62. The minimum atomic E-state index is -0.604. The number of carbonyl (C=O) groups is 1. The van der Waals surface area contributed by atoms with Crippen LogP contribution in [0.5, 0.6) is 11.5 Å². The summed E-state index contributed by atoms with van der Waals surface area (Å²) in [6.45, 7) is 6.07. The van der Waals surface area contributed by atoms with E-state index in [1.807, 2.05) is 20.8 Å². The van der Waals surface area contributed by atoms with Crippen molar-refractivity contribution in [3.63, 3.8) is 0 Å². The molecule has 0 aromatic heterocycles. The number of hydrogen-bond donors (Lipinski definition) is 1. The summed E-state index contributed by atoms with van der Waals surface area (Å²) in [7, 11) is 1.28. The molecule has 5 nitrogen and oxygen atoms in total. The molecule has 1 N–H and O–H groups in total. The molecule has 0 saturated carbocycles. The van der Waals surface area contributed by atoms with Crippen LogP contribution < -0.4 is 14.8 Å². The number of methoxy groups -OCH3 is 1. The molecule has 6 heteroatoms. The molecule has 1 amide bonds. The Hall–Kier alpha value is -2.76. The lowest BCUT2D eigenvalue weighted by Crippen LogP contribution is -2.14. The van der Waals surface area contributed by atoms with E-state index in [-0.39, 0.29) is 12.4 Å². The Balaban J connectivity index is 2.30. The van der Waals surface area contributed by atoms with Crippen molar-refractivity contribution in [3.05, 3.63) is 52.8 Å². The Bertz CT molecular complexity index is 761. The lowest BCUT2D eigenvalue weighted by Gasteiger charge is -2.16. The molecule has 0 aliphatic carbocycles. The monoisotopic (exact) mass is 347 g/mol. The van der Waals surface area contributed by atoms with Gasteiger partial charge < -0.3 is 14.2 Å². The van der Waals surface area contributed by atoms with Crippen LogP contribution in [0, 0.1) is 19.7 Å². The molecular formula is C19H22FNO4. The lowest BCUT2D eigenvalue weighted by atomic mass is 10.1. The van der Waals surface area contributed by atoms with E-state index in [0.717, 1.165) is 11.1 Å². The molecule has 0 saturated heterocycles. The second kappa shape index (κ2) is 8.37. The predicted octanol–water partition coefficient (Wildman–Crippen LogP) is 4.60. The molecule has 2 aromatic rings. The van der Waals surface area contributed by atoms with Crippen LogP contribution in [-0.2, 0) is 11.3 Å². The van der Waals surface area contributed by atoms with Gasteiger partial charge in [-0.15, -0.1) is 0 Å². The molecule has 0 spiro atoms. The second-order valence-corrected chi connectivity index (χ2v) is 5.49. The SMILES string of the molecule is CCOc1cccc(NC(=O)OC)c1COc1cc(C)c(C)cc1F. The minimum absolute atomic E-state index is 0.0366.